The van der Waals surface area contributed by atoms with Crippen LogP contribution in [-0.2, 0) is 4.74 Å². The summed E-state index contributed by atoms with van der Waals surface area (Å²) in [5.41, 5.74) is 1.18. The highest BCUT2D eigenvalue weighted by Gasteiger charge is 2.14. The summed E-state index contributed by atoms with van der Waals surface area (Å²) in [6.07, 6.45) is 4.13. The largest absolute Gasteiger partial charge is 0.477 e. The average molecular weight is 207 g/mol. The summed E-state index contributed by atoms with van der Waals surface area (Å²) in [6, 6.07) is 3.93. The van der Waals surface area contributed by atoms with Crippen LogP contribution < -0.4 is 4.74 Å². The average Bonchev–Trinajstić information content (AvgIpc) is 2.28. The Balaban J connectivity index is 1.81. The summed E-state index contributed by atoms with van der Waals surface area (Å²) >= 11 is 0. The molecular weight excluding hydrogens is 190 g/mol. The number of rotatable bonds is 3. The van der Waals surface area contributed by atoms with E-state index >= 15 is 0 Å². The first-order valence-electron chi connectivity index (χ1n) is 5.48. The third-order valence-corrected chi connectivity index (χ3v) is 2.61. The molecule has 0 aromatic carbocycles. The first-order valence-corrected chi connectivity index (χ1v) is 5.48. The molecule has 1 aliphatic heterocycles. The van der Waals surface area contributed by atoms with Gasteiger partial charge in [0.2, 0.25) is 5.88 Å². The zero-order valence-corrected chi connectivity index (χ0v) is 9.11. The molecule has 1 aromatic heterocycles. The number of nitrogens with zero attached hydrogens (tertiary/aromatic N) is 1. The number of aromatic nitrogens is 1. The molecule has 1 saturated heterocycles. The van der Waals surface area contributed by atoms with Crippen molar-refractivity contribution in [3.63, 3.8) is 0 Å². The van der Waals surface area contributed by atoms with Crippen LogP contribution in [-0.4, -0.2) is 24.8 Å². The number of hydrogen-bond donors (Lipinski definition) is 0. The van der Waals surface area contributed by atoms with E-state index in [4.69, 9.17) is 9.47 Å². The van der Waals surface area contributed by atoms with E-state index < -0.39 is 0 Å². The second-order valence-electron chi connectivity index (χ2n) is 4.07. The quantitative estimate of drug-likeness (QED) is 0.761. The molecular formula is C12H17NO2. The molecule has 1 fully saturated rings. The number of ether oxygens (including phenoxy) is 2. The van der Waals surface area contributed by atoms with Crippen molar-refractivity contribution in [3.05, 3.63) is 23.9 Å². The minimum absolute atomic E-state index is 0.529. The number of pyridine rings is 1. The normalized spacial score (nSPS) is 21.3. The smallest absolute Gasteiger partial charge is 0.213 e. The molecule has 0 saturated carbocycles. The Morgan fingerprint density at radius 1 is 1.60 bits per heavy atom. The van der Waals surface area contributed by atoms with Crippen molar-refractivity contribution < 1.29 is 9.47 Å². The minimum atomic E-state index is 0.529. The molecule has 2 rings (SSSR count). The zero-order valence-electron chi connectivity index (χ0n) is 9.11. The van der Waals surface area contributed by atoms with Gasteiger partial charge in [-0.3, -0.25) is 0 Å². The Morgan fingerprint density at radius 2 is 2.53 bits per heavy atom. The summed E-state index contributed by atoms with van der Waals surface area (Å²) in [5, 5.41) is 0. The lowest BCUT2D eigenvalue weighted by atomic mass is 10.0. The van der Waals surface area contributed by atoms with Crippen molar-refractivity contribution in [1.29, 1.82) is 0 Å². The van der Waals surface area contributed by atoms with Crippen LogP contribution in [0.2, 0.25) is 0 Å². The van der Waals surface area contributed by atoms with Gasteiger partial charge in [-0.15, -0.1) is 0 Å². The Bertz CT molecular complexity index is 308. The zero-order chi connectivity index (χ0) is 10.5. The van der Waals surface area contributed by atoms with Crippen LogP contribution >= 0.6 is 0 Å². The molecule has 1 atom stereocenters. The first kappa shape index (κ1) is 10.4. The molecule has 0 amide bonds. The topological polar surface area (TPSA) is 31.4 Å². The van der Waals surface area contributed by atoms with Crippen LogP contribution in [0.4, 0.5) is 0 Å². The summed E-state index contributed by atoms with van der Waals surface area (Å²) in [7, 11) is 0. The molecule has 1 aliphatic rings. The van der Waals surface area contributed by atoms with Crippen molar-refractivity contribution in [2.24, 2.45) is 5.92 Å². The Kier molecular flexibility index (Phi) is 3.56. The van der Waals surface area contributed by atoms with Crippen LogP contribution in [0.5, 0.6) is 5.88 Å². The molecule has 3 nitrogen and oxygen atoms in total. The fourth-order valence-corrected chi connectivity index (χ4v) is 1.73. The van der Waals surface area contributed by atoms with Gasteiger partial charge in [-0.2, -0.15) is 0 Å². The second kappa shape index (κ2) is 5.12. The van der Waals surface area contributed by atoms with Crippen LogP contribution in [0.25, 0.3) is 0 Å². The van der Waals surface area contributed by atoms with Crippen LogP contribution in [0, 0.1) is 12.8 Å². The summed E-state index contributed by atoms with van der Waals surface area (Å²) in [6.45, 7) is 4.49. The van der Waals surface area contributed by atoms with Crippen molar-refractivity contribution >= 4 is 0 Å². The van der Waals surface area contributed by atoms with E-state index in [-0.39, 0.29) is 0 Å². The Labute approximate surface area is 90.4 Å². The van der Waals surface area contributed by atoms with E-state index in [1.54, 1.807) is 6.20 Å². The molecule has 82 valence electrons. The highest BCUT2D eigenvalue weighted by molar-refractivity contribution is 5.18. The van der Waals surface area contributed by atoms with Gasteiger partial charge in [0.15, 0.2) is 0 Å². The standard InChI is InChI=1S/C12H17NO2/c1-10-4-5-13-12(7-10)15-9-11-3-2-6-14-8-11/h4-5,7,11H,2-3,6,8-9H2,1H3. The molecule has 0 spiro atoms. The molecule has 0 aliphatic carbocycles. The van der Waals surface area contributed by atoms with Crippen molar-refractivity contribution in [2.75, 3.05) is 19.8 Å². The van der Waals surface area contributed by atoms with Gasteiger partial charge in [-0.1, -0.05) is 0 Å². The van der Waals surface area contributed by atoms with Gasteiger partial charge in [-0.25, -0.2) is 4.98 Å². The van der Waals surface area contributed by atoms with E-state index in [1.165, 1.54) is 12.0 Å². The van der Waals surface area contributed by atoms with Gasteiger partial charge in [-0.05, 0) is 31.4 Å². The van der Waals surface area contributed by atoms with Gasteiger partial charge in [0.1, 0.15) is 0 Å². The summed E-state index contributed by atoms with van der Waals surface area (Å²) < 4.78 is 11.0. The van der Waals surface area contributed by atoms with E-state index in [9.17, 15) is 0 Å². The van der Waals surface area contributed by atoms with Crippen LogP contribution in [0.1, 0.15) is 18.4 Å². The molecule has 1 aromatic rings. The lowest BCUT2D eigenvalue weighted by molar-refractivity contribution is 0.0344. The van der Waals surface area contributed by atoms with Gasteiger partial charge in [0.25, 0.3) is 0 Å². The highest BCUT2D eigenvalue weighted by Crippen LogP contribution is 2.15. The fourth-order valence-electron chi connectivity index (χ4n) is 1.73. The second-order valence-corrected chi connectivity index (χ2v) is 4.07. The highest BCUT2D eigenvalue weighted by atomic mass is 16.5. The van der Waals surface area contributed by atoms with Gasteiger partial charge < -0.3 is 9.47 Å². The molecule has 0 radical (unpaired) electrons. The Hall–Kier alpha value is -1.09. The van der Waals surface area contributed by atoms with E-state index in [0.29, 0.717) is 5.92 Å². The molecule has 0 N–H and O–H groups in total. The van der Waals surface area contributed by atoms with Crippen LogP contribution in [0.15, 0.2) is 18.3 Å². The maximum Gasteiger partial charge on any atom is 0.213 e. The van der Waals surface area contributed by atoms with Crippen molar-refractivity contribution in [1.82, 2.24) is 4.98 Å². The maximum absolute atomic E-state index is 5.64. The van der Waals surface area contributed by atoms with E-state index in [1.807, 2.05) is 19.1 Å². The van der Waals surface area contributed by atoms with Crippen molar-refractivity contribution in [2.45, 2.75) is 19.8 Å². The molecule has 0 bridgehead atoms. The lowest BCUT2D eigenvalue weighted by Crippen LogP contribution is -2.23. The predicted octanol–water partition coefficient (Wildman–Crippen LogP) is 2.20. The van der Waals surface area contributed by atoms with Crippen LogP contribution in [0.3, 0.4) is 0 Å². The third kappa shape index (κ3) is 3.20. The number of aryl methyl sites for hydroxylation is 1. The minimum Gasteiger partial charge on any atom is -0.477 e. The molecule has 15 heavy (non-hydrogen) atoms. The Morgan fingerprint density at radius 3 is 3.27 bits per heavy atom. The van der Waals surface area contributed by atoms with Gasteiger partial charge in [0, 0.05) is 24.8 Å². The molecule has 1 unspecified atom stereocenters. The molecule has 2 heterocycles. The fraction of sp³-hybridized carbons (Fsp3) is 0.583. The number of hydrogen-bond acceptors (Lipinski definition) is 3. The molecule has 3 heteroatoms. The van der Waals surface area contributed by atoms with Gasteiger partial charge in [0.05, 0.1) is 13.2 Å². The van der Waals surface area contributed by atoms with E-state index in [2.05, 4.69) is 4.98 Å². The first-order chi connectivity index (χ1) is 7.34. The maximum atomic E-state index is 5.64. The van der Waals surface area contributed by atoms with Gasteiger partial charge >= 0.3 is 0 Å². The van der Waals surface area contributed by atoms with Crippen molar-refractivity contribution in [3.8, 4) is 5.88 Å². The third-order valence-electron chi connectivity index (χ3n) is 2.61. The predicted molar refractivity (Wildman–Crippen MR) is 58.0 cm³/mol. The SMILES string of the molecule is Cc1ccnc(OCC2CCCOC2)c1. The summed E-state index contributed by atoms with van der Waals surface area (Å²) in [5.74, 6) is 1.25. The van der Waals surface area contributed by atoms with E-state index in [0.717, 1.165) is 32.1 Å². The monoisotopic (exact) mass is 207 g/mol. The lowest BCUT2D eigenvalue weighted by Gasteiger charge is -2.21. The summed E-state index contributed by atoms with van der Waals surface area (Å²) in [4.78, 5) is 4.16.